The molecule has 0 bridgehead atoms. The summed E-state index contributed by atoms with van der Waals surface area (Å²) in [5.74, 6) is -1.46. The van der Waals surface area contributed by atoms with E-state index in [-0.39, 0.29) is 74.3 Å². The molecule has 0 N–H and O–H groups in total. The number of esters is 6. The van der Waals surface area contributed by atoms with Gasteiger partial charge in [0.1, 0.15) is 31.1 Å². The molecule has 0 unspecified atom stereocenters. The van der Waals surface area contributed by atoms with E-state index < -0.39 is 18.0 Å². The molecule has 0 spiro atoms. The molecule has 0 radical (unpaired) electrons. The van der Waals surface area contributed by atoms with Crippen LogP contribution >= 0.6 is 0 Å². The quantitative estimate of drug-likeness (QED) is 0.0199. The number of fused-ring (bicyclic) bond motifs is 1. The van der Waals surface area contributed by atoms with Crippen molar-refractivity contribution in [1.82, 2.24) is 0 Å². The number of hydrogen-bond acceptors (Lipinski definition) is 13. The molecule has 464 valence electrons. The van der Waals surface area contributed by atoms with Crippen LogP contribution in [0.15, 0.2) is 11.6 Å². The Kier molecular flexibility index (Phi) is 44.0. The van der Waals surface area contributed by atoms with Gasteiger partial charge in [0.05, 0.1) is 14.2 Å². The number of methoxy groups -OCH3 is 2. The van der Waals surface area contributed by atoms with E-state index in [4.69, 9.17) is 33.2 Å². The molecular formula is C68H114O13. The van der Waals surface area contributed by atoms with Crippen molar-refractivity contribution < 1.29 is 61.9 Å². The summed E-state index contributed by atoms with van der Waals surface area (Å²) >= 11 is 0. The molecular weight excluding hydrogens is 1020 g/mol. The van der Waals surface area contributed by atoms with Crippen molar-refractivity contribution in [3.63, 3.8) is 0 Å². The summed E-state index contributed by atoms with van der Waals surface area (Å²) < 4.78 is 38.8. The van der Waals surface area contributed by atoms with Crippen LogP contribution in [0.25, 0.3) is 0 Å². The third-order valence-corrected chi connectivity index (χ3v) is 15.8. The topological polar surface area (TPSA) is 167 Å². The van der Waals surface area contributed by atoms with Gasteiger partial charge in [0.2, 0.25) is 0 Å². The van der Waals surface area contributed by atoms with Crippen LogP contribution < -0.4 is 9.47 Å². The molecule has 0 saturated heterocycles. The number of rotatable bonds is 54. The van der Waals surface area contributed by atoms with Crippen molar-refractivity contribution >= 4 is 35.8 Å². The highest BCUT2D eigenvalue weighted by Gasteiger charge is 2.34. The normalized spacial score (nSPS) is 12.1. The summed E-state index contributed by atoms with van der Waals surface area (Å²) in [6.07, 6.45) is 46.1. The van der Waals surface area contributed by atoms with Crippen molar-refractivity contribution in [1.29, 1.82) is 0 Å². The highest BCUT2D eigenvalue weighted by Crippen LogP contribution is 2.43. The van der Waals surface area contributed by atoms with E-state index in [2.05, 4.69) is 13.8 Å². The van der Waals surface area contributed by atoms with Gasteiger partial charge in [-0.1, -0.05) is 237 Å². The lowest BCUT2D eigenvalue weighted by Crippen LogP contribution is -2.30. The van der Waals surface area contributed by atoms with Crippen LogP contribution in [0.4, 0.5) is 0 Å². The molecule has 1 aliphatic rings. The first-order chi connectivity index (χ1) is 39.4. The van der Waals surface area contributed by atoms with E-state index in [0.29, 0.717) is 55.4 Å². The van der Waals surface area contributed by atoms with E-state index in [1.807, 2.05) is 19.9 Å². The number of ether oxygens (including phenoxy) is 7. The zero-order chi connectivity index (χ0) is 59.0. The fraction of sp³-hybridized carbons (Fsp3) is 0.794. The fourth-order valence-electron chi connectivity index (χ4n) is 10.6. The average molecular weight is 1140 g/mol. The van der Waals surface area contributed by atoms with Gasteiger partial charge < -0.3 is 33.2 Å². The monoisotopic (exact) mass is 1140 g/mol. The lowest BCUT2D eigenvalue weighted by atomic mass is 9.94. The van der Waals surface area contributed by atoms with Gasteiger partial charge in [0.25, 0.3) is 0 Å². The SMILES string of the molecule is CCCCCCCCCCCCCCCC(=O)OCC(COC(=O)CCCCCCCCCCCCCCC)OC(=O)CCCCCCCCCCCCCC(=O)Oc1c(CC=C(C)CCC(=O)OC)c(OC)c(C)c2c1C(=O)OC2. The second kappa shape index (κ2) is 49.0. The molecule has 0 aromatic heterocycles. The first kappa shape index (κ1) is 72.7. The zero-order valence-corrected chi connectivity index (χ0v) is 52.2. The predicted octanol–water partition coefficient (Wildman–Crippen LogP) is 18.1. The molecule has 1 aromatic carbocycles. The molecule has 2 rings (SSSR count). The largest absolute Gasteiger partial charge is 0.496 e. The maximum atomic E-state index is 13.2. The first-order valence-electron chi connectivity index (χ1n) is 32.8. The average Bonchev–Trinajstić information content (AvgIpc) is 3.91. The molecule has 1 aromatic rings. The number of allylic oxidation sites excluding steroid dienone is 2. The second-order valence-electron chi connectivity index (χ2n) is 23.1. The summed E-state index contributed by atoms with van der Waals surface area (Å²) in [5, 5.41) is 0. The van der Waals surface area contributed by atoms with E-state index in [9.17, 15) is 28.8 Å². The third kappa shape index (κ3) is 36.0. The summed E-state index contributed by atoms with van der Waals surface area (Å²) in [6, 6.07) is 0. The maximum absolute atomic E-state index is 13.2. The van der Waals surface area contributed by atoms with E-state index in [0.717, 1.165) is 107 Å². The van der Waals surface area contributed by atoms with Crippen LogP contribution in [-0.2, 0) is 60.7 Å². The minimum atomic E-state index is -0.827. The molecule has 13 nitrogen and oxygen atoms in total. The number of hydrogen-bond donors (Lipinski definition) is 0. The van der Waals surface area contributed by atoms with E-state index >= 15 is 0 Å². The van der Waals surface area contributed by atoms with Gasteiger partial charge in [0.15, 0.2) is 11.9 Å². The summed E-state index contributed by atoms with van der Waals surface area (Å²) in [5.41, 5.74) is 3.27. The highest BCUT2D eigenvalue weighted by atomic mass is 16.6. The smallest absolute Gasteiger partial charge is 0.342 e. The minimum Gasteiger partial charge on any atom is -0.496 e. The summed E-state index contributed by atoms with van der Waals surface area (Å²) in [7, 11) is 2.92. The Hall–Kier alpha value is -4.42. The van der Waals surface area contributed by atoms with Crippen molar-refractivity contribution in [2.24, 2.45) is 0 Å². The fourth-order valence-corrected chi connectivity index (χ4v) is 10.6. The van der Waals surface area contributed by atoms with Crippen LogP contribution in [0.3, 0.4) is 0 Å². The van der Waals surface area contributed by atoms with Gasteiger partial charge >= 0.3 is 35.8 Å². The number of cyclic esters (lactones) is 1. The number of carbonyl (C=O) groups is 6. The standard InChI is InChI=1S/C68H114O13/c1-7-9-11-13-15-17-19-21-24-28-32-36-40-44-61(70)77-52-57(53-78-62(71)45-41-37-33-29-25-22-20-18-16-14-12-10-8-2)80-63(72)46-42-38-34-30-26-23-27-31-35-39-43-47-64(73)81-67-58(50-48-55(3)49-51-60(69)75-5)66(76-6)56(4)59-54-79-68(74)65(59)67/h48,57H,7-47,49-54H2,1-6H3. The second-order valence-corrected chi connectivity index (χ2v) is 23.1. The van der Waals surface area contributed by atoms with E-state index in [1.54, 1.807) is 7.11 Å². The Balaban J connectivity index is 1.68. The Morgan fingerprint density at radius 3 is 1.22 bits per heavy atom. The summed E-state index contributed by atoms with van der Waals surface area (Å²) in [6.45, 7) is 8.16. The van der Waals surface area contributed by atoms with Gasteiger partial charge in [-0.2, -0.15) is 0 Å². The molecule has 0 saturated carbocycles. The van der Waals surface area contributed by atoms with Gasteiger partial charge in [-0.25, -0.2) is 4.79 Å². The van der Waals surface area contributed by atoms with Crippen molar-refractivity contribution in [2.45, 2.75) is 323 Å². The molecule has 13 heteroatoms. The molecule has 1 heterocycles. The Morgan fingerprint density at radius 1 is 0.469 bits per heavy atom. The number of benzene rings is 1. The molecule has 0 amide bonds. The Labute approximate surface area is 491 Å². The lowest BCUT2D eigenvalue weighted by molar-refractivity contribution is -0.167. The first-order valence-corrected chi connectivity index (χ1v) is 32.8. The Morgan fingerprint density at radius 2 is 0.840 bits per heavy atom. The van der Waals surface area contributed by atoms with Gasteiger partial charge in [-0.05, 0) is 57.9 Å². The van der Waals surface area contributed by atoms with Crippen LogP contribution in [0.1, 0.15) is 324 Å². The predicted molar refractivity (Wildman–Crippen MR) is 324 cm³/mol. The lowest BCUT2D eigenvalue weighted by Gasteiger charge is -2.19. The van der Waals surface area contributed by atoms with Crippen molar-refractivity contribution in [3.8, 4) is 11.5 Å². The van der Waals surface area contributed by atoms with Crippen LogP contribution in [0.2, 0.25) is 0 Å². The Bertz CT molecular complexity index is 1860. The van der Waals surface area contributed by atoms with Crippen LogP contribution in [-0.4, -0.2) is 69.4 Å². The van der Waals surface area contributed by atoms with Gasteiger partial charge in [0, 0.05) is 43.2 Å². The highest BCUT2D eigenvalue weighted by molar-refractivity contribution is 5.99. The van der Waals surface area contributed by atoms with Crippen molar-refractivity contribution in [3.05, 3.63) is 33.9 Å². The van der Waals surface area contributed by atoms with Gasteiger partial charge in [-0.15, -0.1) is 0 Å². The minimum absolute atomic E-state index is 0.0927. The van der Waals surface area contributed by atoms with Crippen LogP contribution in [0, 0.1) is 6.92 Å². The molecule has 0 fully saturated rings. The molecule has 0 aliphatic carbocycles. The van der Waals surface area contributed by atoms with Gasteiger partial charge in [-0.3, -0.25) is 24.0 Å². The van der Waals surface area contributed by atoms with Crippen LogP contribution in [0.5, 0.6) is 11.5 Å². The summed E-state index contributed by atoms with van der Waals surface area (Å²) in [4.78, 5) is 76.2. The zero-order valence-electron chi connectivity index (χ0n) is 52.2. The number of unbranched alkanes of at least 4 members (excludes halogenated alkanes) is 34. The maximum Gasteiger partial charge on any atom is 0.342 e. The molecule has 1 aliphatic heterocycles. The number of carbonyl (C=O) groups excluding carboxylic acids is 6. The van der Waals surface area contributed by atoms with E-state index in [1.165, 1.54) is 136 Å². The molecule has 0 atom stereocenters. The third-order valence-electron chi connectivity index (χ3n) is 15.8. The molecule has 81 heavy (non-hydrogen) atoms. The van der Waals surface area contributed by atoms with Crippen molar-refractivity contribution in [2.75, 3.05) is 27.4 Å².